The minimum atomic E-state index is -0.781. The molecule has 0 atom stereocenters. The molecule has 15 heavy (non-hydrogen) atoms. The Morgan fingerprint density at radius 1 is 1.47 bits per heavy atom. The second-order valence-corrected chi connectivity index (χ2v) is 4.49. The lowest BCUT2D eigenvalue weighted by Crippen LogP contribution is -2.55. The van der Waals surface area contributed by atoms with Crippen molar-refractivity contribution in [3.8, 4) is 0 Å². The number of carboxylic acids is 1. The summed E-state index contributed by atoms with van der Waals surface area (Å²) in [6, 6.07) is 0.342. The van der Waals surface area contributed by atoms with E-state index in [2.05, 4.69) is 4.90 Å². The predicted molar refractivity (Wildman–Crippen MR) is 57.9 cm³/mol. The van der Waals surface area contributed by atoms with Gasteiger partial charge < -0.3 is 9.84 Å². The number of carboxylic acid groups (broad SMARTS) is 1. The molecule has 0 saturated carbocycles. The molecule has 88 valence electrons. The van der Waals surface area contributed by atoms with Crippen LogP contribution in [0.2, 0.25) is 0 Å². The summed E-state index contributed by atoms with van der Waals surface area (Å²) in [7, 11) is 0. The molecule has 0 radical (unpaired) electrons. The highest BCUT2D eigenvalue weighted by Gasteiger charge is 2.38. The Kier molecular flexibility index (Phi) is 4.11. The van der Waals surface area contributed by atoms with Crippen molar-refractivity contribution in [3.05, 3.63) is 0 Å². The Morgan fingerprint density at radius 2 is 2.00 bits per heavy atom. The van der Waals surface area contributed by atoms with Crippen molar-refractivity contribution in [1.82, 2.24) is 4.90 Å². The van der Waals surface area contributed by atoms with E-state index in [0.717, 1.165) is 32.6 Å². The monoisotopic (exact) mass is 215 g/mol. The number of rotatable bonds is 4. The highest BCUT2D eigenvalue weighted by atomic mass is 16.5. The first kappa shape index (κ1) is 12.5. The number of aliphatic carboxylic acids is 1. The standard InChI is InChI=1S/C11H21NO3/c1-4-12(11(2,3)10(13)14)9-5-7-15-8-6-9/h9H,4-8H2,1-3H3,(H,13,14). The summed E-state index contributed by atoms with van der Waals surface area (Å²) in [6.07, 6.45) is 1.87. The molecule has 0 spiro atoms. The lowest BCUT2D eigenvalue weighted by atomic mass is 9.96. The van der Waals surface area contributed by atoms with Crippen LogP contribution in [0.1, 0.15) is 33.6 Å². The summed E-state index contributed by atoms with van der Waals surface area (Å²) in [5.41, 5.74) is -0.781. The van der Waals surface area contributed by atoms with E-state index in [1.807, 2.05) is 6.92 Å². The number of nitrogens with zero attached hydrogens (tertiary/aromatic N) is 1. The number of hydrogen-bond donors (Lipinski definition) is 1. The lowest BCUT2D eigenvalue weighted by molar-refractivity contribution is -0.152. The van der Waals surface area contributed by atoms with Crippen LogP contribution in [-0.4, -0.2) is 47.3 Å². The fourth-order valence-electron chi connectivity index (χ4n) is 2.23. The van der Waals surface area contributed by atoms with Crippen LogP contribution >= 0.6 is 0 Å². The van der Waals surface area contributed by atoms with Crippen LogP contribution < -0.4 is 0 Å². The van der Waals surface area contributed by atoms with Gasteiger partial charge in [-0.05, 0) is 33.2 Å². The van der Waals surface area contributed by atoms with Gasteiger partial charge in [0, 0.05) is 19.3 Å². The van der Waals surface area contributed by atoms with E-state index >= 15 is 0 Å². The van der Waals surface area contributed by atoms with Gasteiger partial charge >= 0.3 is 5.97 Å². The fraction of sp³-hybridized carbons (Fsp3) is 0.909. The van der Waals surface area contributed by atoms with E-state index in [4.69, 9.17) is 4.74 Å². The van der Waals surface area contributed by atoms with Gasteiger partial charge in [0.2, 0.25) is 0 Å². The number of hydrogen-bond acceptors (Lipinski definition) is 3. The van der Waals surface area contributed by atoms with Crippen LogP contribution in [-0.2, 0) is 9.53 Å². The van der Waals surface area contributed by atoms with Crippen LogP contribution in [0, 0.1) is 0 Å². The molecule has 0 bridgehead atoms. The molecule has 1 heterocycles. The molecule has 4 heteroatoms. The Balaban J connectivity index is 2.72. The number of carbonyl (C=O) groups is 1. The zero-order valence-corrected chi connectivity index (χ0v) is 9.82. The third kappa shape index (κ3) is 2.69. The smallest absolute Gasteiger partial charge is 0.323 e. The molecule has 0 unspecified atom stereocenters. The van der Waals surface area contributed by atoms with E-state index in [1.54, 1.807) is 13.8 Å². The van der Waals surface area contributed by atoms with Gasteiger partial charge in [-0.15, -0.1) is 0 Å². The molecule has 1 aliphatic rings. The third-order valence-electron chi connectivity index (χ3n) is 3.21. The molecule has 4 nitrogen and oxygen atoms in total. The van der Waals surface area contributed by atoms with E-state index in [1.165, 1.54) is 0 Å². The van der Waals surface area contributed by atoms with E-state index < -0.39 is 11.5 Å². The molecule has 1 rings (SSSR count). The first-order chi connectivity index (χ1) is 7.00. The molecule has 1 saturated heterocycles. The van der Waals surface area contributed by atoms with Crippen LogP contribution in [0.4, 0.5) is 0 Å². The summed E-state index contributed by atoms with van der Waals surface area (Å²) < 4.78 is 5.29. The van der Waals surface area contributed by atoms with Crippen LogP contribution in [0.15, 0.2) is 0 Å². The molecule has 0 aromatic carbocycles. The Morgan fingerprint density at radius 3 is 2.40 bits per heavy atom. The van der Waals surface area contributed by atoms with Gasteiger partial charge in [0.15, 0.2) is 0 Å². The lowest BCUT2D eigenvalue weighted by Gasteiger charge is -2.41. The third-order valence-corrected chi connectivity index (χ3v) is 3.21. The second-order valence-electron chi connectivity index (χ2n) is 4.49. The zero-order valence-electron chi connectivity index (χ0n) is 9.82. The maximum absolute atomic E-state index is 11.2. The van der Waals surface area contributed by atoms with Gasteiger partial charge in [-0.3, -0.25) is 9.69 Å². The maximum atomic E-state index is 11.2. The summed E-state index contributed by atoms with van der Waals surface area (Å²) in [4.78, 5) is 13.3. The summed E-state index contributed by atoms with van der Waals surface area (Å²) in [5, 5.41) is 9.20. The Labute approximate surface area is 91.2 Å². The molecular formula is C11H21NO3. The quantitative estimate of drug-likeness (QED) is 0.769. The molecule has 0 aromatic heterocycles. The predicted octanol–water partition coefficient (Wildman–Crippen LogP) is 1.35. The van der Waals surface area contributed by atoms with Crippen molar-refractivity contribution in [1.29, 1.82) is 0 Å². The highest BCUT2D eigenvalue weighted by molar-refractivity contribution is 5.77. The average molecular weight is 215 g/mol. The van der Waals surface area contributed by atoms with Crippen molar-refractivity contribution in [2.45, 2.75) is 45.2 Å². The zero-order chi connectivity index (χ0) is 11.5. The molecule has 0 aliphatic carbocycles. The summed E-state index contributed by atoms with van der Waals surface area (Å²) in [5.74, 6) is -0.754. The van der Waals surface area contributed by atoms with Crippen molar-refractivity contribution in [2.24, 2.45) is 0 Å². The second kappa shape index (κ2) is 4.94. The molecular weight excluding hydrogens is 194 g/mol. The Bertz CT molecular complexity index is 222. The minimum Gasteiger partial charge on any atom is -0.480 e. The average Bonchev–Trinajstić information content (AvgIpc) is 2.19. The van der Waals surface area contributed by atoms with Gasteiger partial charge in [0.25, 0.3) is 0 Å². The largest absolute Gasteiger partial charge is 0.480 e. The number of ether oxygens (including phenoxy) is 1. The van der Waals surface area contributed by atoms with E-state index in [-0.39, 0.29) is 0 Å². The molecule has 1 aliphatic heterocycles. The topological polar surface area (TPSA) is 49.8 Å². The van der Waals surface area contributed by atoms with Crippen LogP contribution in [0.5, 0.6) is 0 Å². The first-order valence-electron chi connectivity index (χ1n) is 5.58. The minimum absolute atomic E-state index is 0.342. The molecule has 1 N–H and O–H groups in total. The van der Waals surface area contributed by atoms with Crippen molar-refractivity contribution >= 4 is 5.97 Å². The van der Waals surface area contributed by atoms with Crippen LogP contribution in [0.3, 0.4) is 0 Å². The van der Waals surface area contributed by atoms with E-state index in [0.29, 0.717) is 6.04 Å². The highest BCUT2D eigenvalue weighted by Crippen LogP contribution is 2.23. The summed E-state index contributed by atoms with van der Waals surface area (Å²) in [6.45, 7) is 7.82. The van der Waals surface area contributed by atoms with Gasteiger partial charge in [-0.1, -0.05) is 6.92 Å². The van der Waals surface area contributed by atoms with Gasteiger partial charge in [0.1, 0.15) is 5.54 Å². The summed E-state index contributed by atoms with van der Waals surface area (Å²) >= 11 is 0. The fourth-order valence-corrected chi connectivity index (χ4v) is 2.23. The van der Waals surface area contributed by atoms with Gasteiger partial charge in [-0.2, -0.15) is 0 Å². The maximum Gasteiger partial charge on any atom is 0.323 e. The van der Waals surface area contributed by atoms with Crippen molar-refractivity contribution in [2.75, 3.05) is 19.8 Å². The first-order valence-corrected chi connectivity index (χ1v) is 5.58. The van der Waals surface area contributed by atoms with Crippen molar-refractivity contribution < 1.29 is 14.6 Å². The molecule has 0 aromatic rings. The SMILES string of the molecule is CCN(C1CCOCC1)C(C)(C)C(=O)O. The Hall–Kier alpha value is -0.610. The number of likely N-dealkylation sites (N-methyl/N-ethyl adjacent to an activating group) is 1. The van der Waals surface area contributed by atoms with Crippen LogP contribution in [0.25, 0.3) is 0 Å². The van der Waals surface area contributed by atoms with Gasteiger partial charge in [0.05, 0.1) is 0 Å². The molecule has 1 fully saturated rings. The molecule has 0 amide bonds. The van der Waals surface area contributed by atoms with Crippen molar-refractivity contribution in [3.63, 3.8) is 0 Å². The normalized spacial score (nSPS) is 19.5. The van der Waals surface area contributed by atoms with Gasteiger partial charge in [-0.25, -0.2) is 0 Å². The van der Waals surface area contributed by atoms with E-state index in [9.17, 15) is 9.90 Å².